The number of nitrogens with zero attached hydrogens (tertiary/aromatic N) is 4. The van der Waals surface area contributed by atoms with Crippen LogP contribution in [0.4, 0.5) is 0 Å². The van der Waals surface area contributed by atoms with Crippen LogP contribution in [0.5, 0.6) is 5.88 Å². The molecule has 9 nitrogen and oxygen atoms in total. The summed E-state index contributed by atoms with van der Waals surface area (Å²) in [7, 11) is 1.72. The second kappa shape index (κ2) is 11.2. The van der Waals surface area contributed by atoms with Crippen LogP contribution in [0.15, 0.2) is 41.2 Å². The van der Waals surface area contributed by atoms with Crippen molar-refractivity contribution in [2.75, 3.05) is 26.8 Å². The zero-order valence-electron chi connectivity index (χ0n) is 20.1. The van der Waals surface area contributed by atoms with Gasteiger partial charge in [-0.25, -0.2) is 19.7 Å². The van der Waals surface area contributed by atoms with Crippen LogP contribution in [0.1, 0.15) is 51.9 Å². The first-order chi connectivity index (χ1) is 17.6. The summed E-state index contributed by atoms with van der Waals surface area (Å²) in [5.41, 5.74) is 6.82. The zero-order valence-corrected chi connectivity index (χ0v) is 21.0. The second-order valence-corrected chi connectivity index (χ2v) is 9.69. The molecule has 1 aromatic carbocycles. The predicted molar refractivity (Wildman–Crippen MR) is 137 cm³/mol. The van der Waals surface area contributed by atoms with Crippen LogP contribution >= 0.6 is 11.3 Å². The summed E-state index contributed by atoms with van der Waals surface area (Å²) in [5, 5.41) is 11.2. The molecular weight excluding hydrogens is 478 g/mol. The lowest BCUT2D eigenvalue weighted by Crippen LogP contribution is -2.33. The summed E-state index contributed by atoms with van der Waals surface area (Å²) in [4.78, 5) is 30.8. The number of aromatic nitrogens is 4. The molecule has 0 spiro atoms. The van der Waals surface area contributed by atoms with E-state index in [0.717, 1.165) is 60.6 Å². The molecule has 0 atom stereocenters. The molecule has 4 aromatic rings. The Bertz CT molecular complexity index is 1320. The lowest BCUT2D eigenvalue weighted by atomic mass is 9.89. The number of fused-ring (bicyclic) bond motifs is 1. The molecule has 188 valence electrons. The number of hydrogen-bond donors (Lipinski definition) is 2. The topological polar surface area (TPSA) is 113 Å². The van der Waals surface area contributed by atoms with Crippen molar-refractivity contribution in [3.63, 3.8) is 0 Å². The first-order valence-electron chi connectivity index (χ1n) is 12.0. The lowest BCUT2D eigenvalue weighted by molar-refractivity contribution is 0.0697. The summed E-state index contributed by atoms with van der Waals surface area (Å²) in [6, 6.07) is 9.03. The van der Waals surface area contributed by atoms with E-state index in [-0.39, 0.29) is 5.56 Å². The number of benzene rings is 1. The normalized spacial score (nSPS) is 14.9. The van der Waals surface area contributed by atoms with Crippen LogP contribution in [0, 0.1) is 0 Å². The van der Waals surface area contributed by atoms with Crippen molar-refractivity contribution in [3.8, 4) is 5.88 Å². The molecule has 0 radical (unpaired) electrons. The molecule has 1 aliphatic heterocycles. The Kier molecular flexibility index (Phi) is 7.55. The Morgan fingerprint density at radius 1 is 1.22 bits per heavy atom. The van der Waals surface area contributed by atoms with E-state index in [9.17, 15) is 9.90 Å². The van der Waals surface area contributed by atoms with E-state index in [1.54, 1.807) is 42.2 Å². The SMILES string of the molecule is COCCc1ccc(OCc2cscn2)nc1C1CCN(Cc2nc3ccc(C(=O)O)cc3[nH]2)CC1. The number of aromatic amines is 1. The number of thiazole rings is 1. The molecule has 1 saturated heterocycles. The number of hydrogen-bond acceptors (Lipinski definition) is 8. The number of likely N-dealkylation sites (tertiary alicyclic amines) is 1. The van der Waals surface area contributed by atoms with Gasteiger partial charge in [-0.15, -0.1) is 11.3 Å². The van der Waals surface area contributed by atoms with Gasteiger partial charge in [0.05, 0.1) is 46.6 Å². The van der Waals surface area contributed by atoms with Crippen LogP contribution in [0.25, 0.3) is 11.0 Å². The molecule has 2 N–H and O–H groups in total. The molecule has 36 heavy (non-hydrogen) atoms. The number of H-pyrrole nitrogens is 1. The number of carboxylic acids is 1. The highest BCUT2D eigenvalue weighted by atomic mass is 32.1. The highest BCUT2D eigenvalue weighted by Gasteiger charge is 2.25. The Balaban J connectivity index is 1.24. The number of rotatable bonds is 10. The fourth-order valence-electron chi connectivity index (χ4n) is 4.65. The van der Waals surface area contributed by atoms with E-state index in [4.69, 9.17) is 14.5 Å². The number of carboxylic acid groups (broad SMARTS) is 1. The molecule has 4 heterocycles. The molecule has 0 saturated carbocycles. The molecular formula is C26H29N5O4S. The van der Waals surface area contributed by atoms with Crippen LogP contribution < -0.4 is 4.74 Å². The molecule has 0 amide bonds. The second-order valence-electron chi connectivity index (χ2n) is 8.98. The minimum Gasteiger partial charge on any atom is -0.478 e. The fourth-order valence-corrected chi connectivity index (χ4v) is 5.19. The molecule has 3 aromatic heterocycles. The van der Waals surface area contributed by atoms with Gasteiger partial charge in [-0.2, -0.15) is 0 Å². The van der Waals surface area contributed by atoms with Gasteiger partial charge in [0.1, 0.15) is 12.4 Å². The number of piperidine rings is 1. The van der Waals surface area contributed by atoms with Crippen LogP contribution in [-0.4, -0.2) is 62.7 Å². The van der Waals surface area contributed by atoms with Crippen molar-refractivity contribution in [3.05, 3.63) is 69.6 Å². The number of nitrogens with one attached hydrogen (secondary N) is 1. The van der Waals surface area contributed by atoms with Gasteiger partial charge in [-0.1, -0.05) is 6.07 Å². The molecule has 1 fully saturated rings. The average Bonchev–Trinajstić information content (AvgIpc) is 3.56. The van der Waals surface area contributed by atoms with E-state index >= 15 is 0 Å². The molecule has 5 rings (SSSR count). The van der Waals surface area contributed by atoms with E-state index in [0.29, 0.717) is 31.6 Å². The van der Waals surface area contributed by atoms with Crippen LogP contribution in [0.3, 0.4) is 0 Å². The molecule has 10 heteroatoms. The fraction of sp³-hybridized carbons (Fsp3) is 0.385. The maximum absolute atomic E-state index is 11.2. The quantitative estimate of drug-likeness (QED) is 0.327. The number of aromatic carboxylic acids is 1. The van der Waals surface area contributed by atoms with Gasteiger partial charge in [0.15, 0.2) is 0 Å². The monoisotopic (exact) mass is 507 g/mol. The number of pyridine rings is 1. The summed E-state index contributed by atoms with van der Waals surface area (Å²) >= 11 is 1.56. The van der Waals surface area contributed by atoms with Gasteiger partial charge >= 0.3 is 5.97 Å². The third-order valence-corrected chi connectivity index (χ3v) is 7.17. The van der Waals surface area contributed by atoms with Gasteiger partial charge < -0.3 is 19.6 Å². The minimum absolute atomic E-state index is 0.257. The van der Waals surface area contributed by atoms with Crippen molar-refractivity contribution in [2.24, 2.45) is 0 Å². The Labute approximate surface area is 213 Å². The number of carbonyl (C=O) groups is 1. The smallest absolute Gasteiger partial charge is 0.335 e. The summed E-state index contributed by atoms with van der Waals surface area (Å²) in [6.45, 7) is 3.62. The first kappa shape index (κ1) is 24.4. The highest BCUT2D eigenvalue weighted by molar-refractivity contribution is 7.07. The summed E-state index contributed by atoms with van der Waals surface area (Å²) < 4.78 is 11.3. The minimum atomic E-state index is -0.939. The third-order valence-electron chi connectivity index (χ3n) is 6.54. The van der Waals surface area contributed by atoms with Gasteiger partial charge in [-0.05, 0) is 56.1 Å². The maximum atomic E-state index is 11.2. The first-order valence-corrected chi connectivity index (χ1v) is 13.0. The third kappa shape index (κ3) is 5.72. The zero-order chi connectivity index (χ0) is 24.9. The van der Waals surface area contributed by atoms with Crippen molar-refractivity contribution in [1.82, 2.24) is 24.8 Å². The predicted octanol–water partition coefficient (Wildman–Crippen LogP) is 4.26. The maximum Gasteiger partial charge on any atom is 0.335 e. The van der Waals surface area contributed by atoms with Crippen LogP contribution in [0.2, 0.25) is 0 Å². The van der Waals surface area contributed by atoms with Crippen molar-refractivity contribution < 1.29 is 19.4 Å². The molecule has 1 aliphatic rings. The van der Waals surface area contributed by atoms with E-state index in [1.165, 1.54) is 5.56 Å². The standard InChI is InChI=1S/C26H29N5O4S/c1-34-11-8-17-3-5-24(35-14-20-15-36-16-27-20)30-25(17)18-6-9-31(10-7-18)13-23-28-21-4-2-19(26(32)33)12-22(21)29-23/h2-5,12,15-16,18H,6-11,13-14H2,1H3,(H,28,29)(H,32,33). The highest BCUT2D eigenvalue weighted by Crippen LogP contribution is 2.31. The largest absolute Gasteiger partial charge is 0.478 e. The summed E-state index contributed by atoms with van der Waals surface area (Å²) in [6.07, 6.45) is 2.81. The molecule has 0 bridgehead atoms. The Hall–Kier alpha value is -3.34. The number of methoxy groups -OCH3 is 1. The van der Waals surface area contributed by atoms with Gasteiger partial charge in [0.25, 0.3) is 0 Å². The van der Waals surface area contributed by atoms with Crippen molar-refractivity contribution in [1.29, 1.82) is 0 Å². The number of ether oxygens (including phenoxy) is 2. The van der Waals surface area contributed by atoms with Gasteiger partial charge in [-0.3, -0.25) is 4.90 Å². The van der Waals surface area contributed by atoms with E-state index < -0.39 is 5.97 Å². The van der Waals surface area contributed by atoms with E-state index in [1.807, 2.05) is 11.4 Å². The Morgan fingerprint density at radius 3 is 2.83 bits per heavy atom. The lowest BCUT2D eigenvalue weighted by Gasteiger charge is -2.32. The van der Waals surface area contributed by atoms with Gasteiger partial charge in [0.2, 0.25) is 5.88 Å². The van der Waals surface area contributed by atoms with Gasteiger partial charge in [0, 0.05) is 24.5 Å². The molecule has 0 unspecified atom stereocenters. The van der Waals surface area contributed by atoms with E-state index in [2.05, 4.69) is 25.9 Å². The molecule has 0 aliphatic carbocycles. The van der Waals surface area contributed by atoms with Crippen molar-refractivity contribution >= 4 is 28.3 Å². The number of imidazole rings is 1. The van der Waals surface area contributed by atoms with Crippen molar-refractivity contribution in [2.45, 2.75) is 38.3 Å². The summed E-state index contributed by atoms with van der Waals surface area (Å²) in [5.74, 6) is 0.892. The Morgan fingerprint density at radius 2 is 2.08 bits per heavy atom. The average molecular weight is 508 g/mol. The van der Waals surface area contributed by atoms with Crippen LogP contribution in [-0.2, 0) is 24.3 Å².